The molecule has 2 aromatic rings. The highest BCUT2D eigenvalue weighted by Gasteiger charge is 2.33. The Bertz CT molecular complexity index is 725. The molecule has 1 heterocycles. The minimum Gasteiger partial charge on any atom is -0.486 e. The van der Waals surface area contributed by atoms with Crippen molar-refractivity contribution in [1.82, 2.24) is 5.32 Å². The van der Waals surface area contributed by atoms with Gasteiger partial charge in [0.15, 0.2) is 6.79 Å². The summed E-state index contributed by atoms with van der Waals surface area (Å²) in [5.74, 6) is 1.38. The SMILES string of the molecule is COCCOCOc1ccc2c(c1)O[C@H](CO)[C@H]2NCc1ccc(Br)cc1. The van der Waals surface area contributed by atoms with Crippen LogP contribution < -0.4 is 14.8 Å². The van der Waals surface area contributed by atoms with Crippen LogP contribution in [0.2, 0.25) is 0 Å². The molecule has 0 fully saturated rings. The van der Waals surface area contributed by atoms with Gasteiger partial charge in [0.1, 0.15) is 17.6 Å². The number of hydrogen-bond donors (Lipinski definition) is 2. The number of hydrogen-bond acceptors (Lipinski definition) is 6. The normalized spacial score (nSPS) is 18.2. The van der Waals surface area contributed by atoms with Gasteiger partial charge in [-0.15, -0.1) is 0 Å². The van der Waals surface area contributed by atoms with Crippen LogP contribution >= 0.6 is 15.9 Å². The van der Waals surface area contributed by atoms with Crippen LogP contribution in [-0.2, 0) is 16.0 Å². The molecule has 0 amide bonds. The molecule has 0 aromatic heterocycles. The van der Waals surface area contributed by atoms with Gasteiger partial charge in [-0.05, 0) is 29.8 Å². The Balaban J connectivity index is 1.60. The molecule has 27 heavy (non-hydrogen) atoms. The summed E-state index contributed by atoms with van der Waals surface area (Å²) in [7, 11) is 1.63. The first-order valence-corrected chi connectivity index (χ1v) is 9.59. The lowest BCUT2D eigenvalue weighted by atomic mass is 10.0. The maximum absolute atomic E-state index is 9.70. The third-order valence-corrected chi connectivity index (χ3v) is 4.86. The van der Waals surface area contributed by atoms with Gasteiger partial charge in [-0.25, -0.2) is 0 Å². The lowest BCUT2D eigenvalue weighted by Crippen LogP contribution is -2.33. The molecule has 6 nitrogen and oxygen atoms in total. The first kappa shape index (κ1) is 20.1. The molecule has 1 aliphatic heterocycles. The van der Waals surface area contributed by atoms with Crippen LogP contribution in [0.1, 0.15) is 17.2 Å². The quantitative estimate of drug-likeness (QED) is 0.439. The Morgan fingerprint density at radius 3 is 2.70 bits per heavy atom. The van der Waals surface area contributed by atoms with E-state index in [1.165, 1.54) is 0 Å². The molecule has 2 atom stereocenters. The molecule has 0 unspecified atom stereocenters. The smallest absolute Gasteiger partial charge is 0.189 e. The Morgan fingerprint density at radius 2 is 1.96 bits per heavy atom. The van der Waals surface area contributed by atoms with Crippen LogP contribution in [-0.4, -0.2) is 44.9 Å². The largest absolute Gasteiger partial charge is 0.486 e. The van der Waals surface area contributed by atoms with Crippen molar-refractivity contribution >= 4 is 15.9 Å². The fraction of sp³-hybridized carbons (Fsp3) is 0.400. The standard InChI is InChI=1S/C20H24BrNO5/c1-24-8-9-25-13-26-16-6-7-17-18(10-16)27-19(12-23)20(17)22-11-14-2-4-15(21)5-3-14/h2-7,10,19-20,22-23H,8-9,11-13H2,1H3/t19-,20+/m1/s1. The fourth-order valence-corrected chi connectivity index (χ4v) is 3.18. The molecule has 0 aliphatic carbocycles. The fourth-order valence-electron chi connectivity index (χ4n) is 2.92. The number of fused-ring (bicyclic) bond motifs is 1. The second-order valence-electron chi connectivity index (χ2n) is 6.19. The summed E-state index contributed by atoms with van der Waals surface area (Å²) in [4.78, 5) is 0. The van der Waals surface area contributed by atoms with Crippen LogP contribution in [0.3, 0.4) is 0 Å². The van der Waals surface area contributed by atoms with E-state index < -0.39 is 0 Å². The van der Waals surface area contributed by atoms with Gasteiger partial charge in [0.05, 0.1) is 25.9 Å². The number of ether oxygens (including phenoxy) is 4. The van der Waals surface area contributed by atoms with E-state index in [0.29, 0.717) is 25.5 Å². The zero-order chi connectivity index (χ0) is 19.1. The summed E-state index contributed by atoms with van der Waals surface area (Å²) in [5, 5.41) is 13.2. The Labute approximate surface area is 167 Å². The molecule has 3 rings (SSSR count). The number of aliphatic hydroxyl groups is 1. The van der Waals surface area contributed by atoms with Crippen LogP contribution in [0.15, 0.2) is 46.9 Å². The molecule has 0 saturated carbocycles. The Kier molecular flexibility index (Phi) is 7.49. The number of benzene rings is 2. The van der Waals surface area contributed by atoms with E-state index in [2.05, 4.69) is 33.4 Å². The predicted molar refractivity (Wildman–Crippen MR) is 105 cm³/mol. The lowest BCUT2D eigenvalue weighted by molar-refractivity contribution is -0.00857. The van der Waals surface area contributed by atoms with Crippen LogP contribution in [0.5, 0.6) is 11.5 Å². The van der Waals surface area contributed by atoms with Crippen LogP contribution in [0.4, 0.5) is 0 Å². The minimum absolute atomic E-state index is 0.0665. The summed E-state index contributed by atoms with van der Waals surface area (Å²) in [6.07, 6.45) is -0.330. The molecule has 0 saturated heterocycles. The maximum Gasteiger partial charge on any atom is 0.189 e. The van der Waals surface area contributed by atoms with E-state index in [4.69, 9.17) is 18.9 Å². The van der Waals surface area contributed by atoms with Crippen molar-refractivity contribution in [2.45, 2.75) is 18.7 Å². The first-order chi connectivity index (χ1) is 13.2. The highest BCUT2D eigenvalue weighted by molar-refractivity contribution is 9.10. The van der Waals surface area contributed by atoms with E-state index in [0.717, 1.165) is 21.3 Å². The number of aliphatic hydroxyl groups excluding tert-OH is 1. The van der Waals surface area contributed by atoms with E-state index in [1.807, 2.05) is 30.3 Å². The number of rotatable bonds is 10. The van der Waals surface area contributed by atoms with Crippen molar-refractivity contribution in [2.75, 3.05) is 33.7 Å². The Hall–Kier alpha value is -1.64. The van der Waals surface area contributed by atoms with Gasteiger partial charge in [-0.1, -0.05) is 28.1 Å². The van der Waals surface area contributed by atoms with Crippen molar-refractivity contribution in [2.24, 2.45) is 0 Å². The monoisotopic (exact) mass is 437 g/mol. The third kappa shape index (κ3) is 5.43. The molecule has 0 spiro atoms. The second-order valence-corrected chi connectivity index (χ2v) is 7.10. The van der Waals surface area contributed by atoms with Gasteiger partial charge >= 0.3 is 0 Å². The molecule has 7 heteroatoms. The zero-order valence-electron chi connectivity index (χ0n) is 15.2. The maximum atomic E-state index is 9.70. The molecular weight excluding hydrogens is 414 g/mol. The average Bonchev–Trinajstić information content (AvgIpc) is 3.04. The summed E-state index contributed by atoms with van der Waals surface area (Å²) >= 11 is 3.44. The number of nitrogens with one attached hydrogen (secondary N) is 1. The molecule has 2 N–H and O–H groups in total. The minimum atomic E-state index is -0.330. The van der Waals surface area contributed by atoms with Crippen molar-refractivity contribution in [3.8, 4) is 11.5 Å². The number of halogens is 1. The lowest BCUT2D eigenvalue weighted by Gasteiger charge is -2.18. The van der Waals surface area contributed by atoms with Gasteiger partial charge in [0.25, 0.3) is 0 Å². The van der Waals surface area contributed by atoms with E-state index in [9.17, 15) is 5.11 Å². The highest BCUT2D eigenvalue weighted by Crippen LogP contribution is 2.39. The van der Waals surface area contributed by atoms with Crippen molar-refractivity contribution in [3.63, 3.8) is 0 Å². The van der Waals surface area contributed by atoms with Crippen molar-refractivity contribution in [3.05, 3.63) is 58.1 Å². The zero-order valence-corrected chi connectivity index (χ0v) is 16.8. The molecule has 146 valence electrons. The van der Waals surface area contributed by atoms with Gasteiger partial charge in [0, 0.05) is 29.8 Å². The van der Waals surface area contributed by atoms with Crippen LogP contribution in [0, 0.1) is 0 Å². The summed E-state index contributed by atoms with van der Waals surface area (Å²) in [5.41, 5.74) is 2.18. The van der Waals surface area contributed by atoms with Gasteiger partial charge in [-0.2, -0.15) is 0 Å². The molecule has 0 radical (unpaired) electrons. The second kappa shape index (κ2) is 10.1. The topological polar surface area (TPSA) is 69.2 Å². The first-order valence-electron chi connectivity index (χ1n) is 8.80. The number of methoxy groups -OCH3 is 1. The van der Waals surface area contributed by atoms with Gasteiger partial charge in [-0.3, -0.25) is 0 Å². The molecular formula is C20H24BrNO5. The van der Waals surface area contributed by atoms with E-state index >= 15 is 0 Å². The predicted octanol–water partition coefficient (Wildman–Crippen LogP) is 3.03. The van der Waals surface area contributed by atoms with E-state index in [1.54, 1.807) is 7.11 Å². The molecule has 2 aromatic carbocycles. The highest BCUT2D eigenvalue weighted by atomic mass is 79.9. The third-order valence-electron chi connectivity index (χ3n) is 4.33. The van der Waals surface area contributed by atoms with Crippen molar-refractivity contribution in [1.29, 1.82) is 0 Å². The summed E-state index contributed by atoms with van der Waals surface area (Å²) in [6, 6.07) is 13.7. The molecule has 0 bridgehead atoms. The van der Waals surface area contributed by atoms with Gasteiger partial charge in [0.2, 0.25) is 0 Å². The Morgan fingerprint density at radius 1 is 1.15 bits per heavy atom. The van der Waals surface area contributed by atoms with Crippen LogP contribution in [0.25, 0.3) is 0 Å². The van der Waals surface area contributed by atoms with Crippen molar-refractivity contribution < 1.29 is 24.1 Å². The summed E-state index contributed by atoms with van der Waals surface area (Å²) in [6.45, 7) is 1.77. The molecule has 1 aliphatic rings. The van der Waals surface area contributed by atoms with Gasteiger partial charge < -0.3 is 29.4 Å². The van der Waals surface area contributed by atoms with E-state index in [-0.39, 0.29) is 25.5 Å². The summed E-state index contributed by atoms with van der Waals surface area (Å²) < 4.78 is 22.8. The average molecular weight is 438 g/mol.